The van der Waals surface area contributed by atoms with E-state index in [2.05, 4.69) is 28.1 Å². The van der Waals surface area contributed by atoms with Gasteiger partial charge in [-0.05, 0) is 64.1 Å². The fourth-order valence-electron chi connectivity index (χ4n) is 10.8. The van der Waals surface area contributed by atoms with E-state index in [0.717, 1.165) is 52.6 Å². The number of esters is 1. The lowest BCUT2D eigenvalue weighted by molar-refractivity contribution is -0.165. The van der Waals surface area contributed by atoms with Crippen molar-refractivity contribution >= 4 is 23.0 Å². The largest absolute Gasteiger partial charge is 0.497 e. The van der Waals surface area contributed by atoms with Gasteiger partial charge in [0.05, 0.1) is 20.5 Å². The van der Waals surface area contributed by atoms with Crippen molar-refractivity contribution in [2.45, 2.75) is 113 Å². The molecule has 1 fully saturated rings. The van der Waals surface area contributed by atoms with Crippen molar-refractivity contribution in [1.82, 2.24) is 19.5 Å². The van der Waals surface area contributed by atoms with Crippen molar-refractivity contribution in [3.63, 3.8) is 0 Å². The highest BCUT2D eigenvalue weighted by atomic mass is 19.1. The van der Waals surface area contributed by atoms with Gasteiger partial charge in [0.2, 0.25) is 0 Å². The number of fused-ring (bicyclic) bond motifs is 1. The van der Waals surface area contributed by atoms with E-state index in [1.54, 1.807) is 25.1 Å². The second kappa shape index (κ2) is 25.3. The molecule has 11 nitrogen and oxygen atoms in total. The molecule has 0 aliphatic carbocycles. The Morgan fingerprint density at radius 3 is 1.65 bits per heavy atom. The van der Waals surface area contributed by atoms with E-state index in [1.165, 1.54) is 38.5 Å². The molecule has 0 amide bonds. The molecule has 3 atom stereocenters. The third-order valence-corrected chi connectivity index (χ3v) is 14.8. The number of ether oxygens (including phenoxy) is 5. The number of hydrogen-bond acceptors (Lipinski definition) is 10. The van der Waals surface area contributed by atoms with Gasteiger partial charge in [-0.1, -0.05) is 216 Å². The Bertz CT molecular complexity index is 3090. The Kier molecular flexibility index (Phi) is 17.7. The summed E-state index contributed by atoms with van der Waals surface area (Å²) < 4.78 is 50.2. The number of terminal acetylenes is 1. The second-order valence-corrected chi connectivity index (χ2v) is 19.7. The Morgan fingerprint density at radius 1 is 0.675 bits per heavy atom. The molecule has 0 unspecified atom stereocenters. The molecule has 0 saturated carbocycles. The Balaban J connectivity index is 1.10. The average molecular weight is 1030 g/mol. The number of benzene rings is 6. The average Bonchev–Trinajstić information content (AvgIpc) is 4.23. The first-order valence-corrected chi connectivity index (χ1v) is 27.0. The highest BCUT2D eigenvalue weighted by Crippen LogP contribution is 2.49. The quantitative estimate of drug-likeness (QED) is 0.0185. The SMILES string of the molecule is C#C[C@]1(COC(=O)CCCCCCCCCCCC)O[C@@H](n2cnc3c(NC(c4ccccc4)(c4ccccc4)c4ccc(OC)cc4)nc(F)nc32)C[C@@H]1OC(c1ccccc1)(c1ccccc1)c1ccc(OC)cc1. The molecule has 2 aromatic heterocycles. The Labute approximate surface area is 452 Å². The van der Waals surface area contributed by atoms with Crippen LogP contribution >= 0.6 is 0 Å². The molecular weight excluding hydrogens is 966 g/mol. The molecule has 1 aliphatic heterocycles. The first-order valence-electron chi connectivity index (χ1n) is 27.0. The van der Waals surface area contributed by atoms with Crippen LogP contribution < -0.4 is 14.8 Å². The van der Waals surface area contributed by atoms with Gasteiger partial charge in [0.25, 0.3) is 0 Å². The predicted octanol–water partition coefficient (Wildman–Crippen LogP) is 13.9. The van der Waals surface area contributed by atoms with Crippen LogP contribution in [0.2, 0.25) is 0 Å². The van der Waals surface area contributed by atoms with E-state index in [4.69, 9.17) is 35.1 Å². The van der Waals surface area contributed by atoms with E-state index in [1.807, 2.05) is 170 Å². The van der Waals surface area contributed by atoms with Crippen molar-refractivity contribution < 1.29 is 32.9 Å². The molecule has 1 saturated heterocycles. The number of aromatic nitrogens is 4. The topological polar surface area (TPSA) is 119 Å². The maximum atomic E-state index is 16.4. The Morgan fingerprint density at radius 2 is 1.14 bits per heavy atom. The first-order chi connectivity index (χ1) is 37.8. The van der Waals surface area contributed by atoms with Crippen LogP contribution in [0.1, 0.15) is 124 Å². The van der Waals surface area contributed by atoms with Crippen LogP contribution in [0.3, 0.4) is 0 Å². The fourth-order valence-corrected chi connectivity index (χ4v) is 10.8. The number of nitrogens with one attached hydrogen (secondary N) is 1. The summed E-state index contributed by atoms with van der Waals surface area (Å²) in [6, 6.07) is 55.2. The van der Waals surface area contributed by atoms with Crippen LogP contribution in [-0.2, 0) is 30.1 Å². The first kappa shape index (κ1) is 54.0. The van der Waals surface area contributed by atoms with Crippen molar-refractivity contribution in [2.75, 3.05) is 26.1 Å². The summed E-state index contributed by atoms with van der Waals surface area (Å²) in [6.07, 6.45) is 17.0. The van der Waals surface area contributed by atoms with E-state index >= 15 is 4.39 Å². The van der Waals surface area contributed by atoms with Crippen LogP contribution in [0.15, 0.2) is 176 Å². The number of carbonyl (C=O) groups excluding carboxylic acids is 1. The highest BCUT2D eigenvalue weighted by molar-refractivity contribution is 5.84. The van der Waals surface area contributed by atoms with Gasteiger partial charge in [-0.25, -0.2) is 4.98 Å². The summed E-state index contributed by atoms with van der Waals surface area (Å²) in [7, 11) is 3.25. The number of methoxy groups -OCH3 is 2. The molecule has 9 rings (SSSR count). The molecule has 0 spiro atoms. The van der Waals surface area contributed by atoms with E-state index in [-0.39, 0.29) is 42.4 Å². The van der Waals surface area contributed by atoms with Gasteiger partial charge >= 0.3 is 12.0 Å². The highest BCUT2D eigenvalue weighted by Gasteiger charge is 2.55. The summed E-state index contributed by atoms with van der Waals surface area (Å²) in [5.74, 6) is 4.04. The zero-order chi connectivity index (χ0) is 53.5. The van der Waals surface area contributed by atoms with Gasteiger partial charge < -0.3 is 29.0 Å². The standard InChI is InChI=1S/C65H68FN5O6/c1-5-7-8-9-10-11-12-13-14-27-36-58(72)75-46-63(6-2)56(76-65(51-32-23-17-24-33-51,52-34-25-18-26-35-52)53-39-43-55(74-4)44-40-53)45-57(77-63)71-47-67-59-60(68-62(66)69-61(59)71)70-64(48-28-19-15-20-29-48,49-30-21-16-22-31-49)50-37-41-54(73-3)42-38-50/h2,15-26,28-35,37-44,47,56-57H,5,7-14,27,36,45-46H2,1,3-4H3,(H,68,69,70)/t56-,57+,63+/m0/s1. The number of hydrogen-bond donors (Lipinski definition) is 1. The van der Waals surface area contributed by atoms with Gasteiger partial charge in [0, 0.05) is 12.8 Å². The predicted molar refractivity (Wildman–Crippen MR) is 299 cm³/mol. The third kappa shape index (κ3) is 11.8. The summed E-state index contributed by atoms with van der Waals surface area (Å²) in [6.45, 7) is 1.92. The lowest BCUT2D eigenvalue weighted by Crippen LogP contribution is -2.49. The minimum absolute atomic E-state index is 0.113. The number of rotatable bonds is 26. The number of nitrogens with zero attached hydrogens (tertiary/aromatic N) is 4. The van der Waals surface area contributed by atoms with Gasteiger partial charge in [-0.2, -0.15) is 14.4 Å². The van der Waals surface area contributed by atoms with Gasteiger partial charge in [0.15, 0.2) is 22.6 Å². The smallest absolute Gasteiger partial charge is 0.312 e. The Hall–Kier alpha value is -7.85. The van der Waals surface area contributed by atoms with Crippen LogP contribution in [0.5, 0.6) is 11.5 Å². The molecule has 12 heteroatoms. The second-order valence-electron chi connectivity index (χ2n) is 19.7. The summed E-state index contributed by atoms with van der Waals surface area (Å²) in [5, 5.41) is 3.70. The molecular formula is C65H68FN5O6. The summed E-state index contributed by atoms with van der Waals surface area (Å²) >= 11 is 0. The van der Waals surface area contributed by atoms with Gasteiger partial charge in [-0.3, -0.25) is 9.36 Å². The minimum Gasteiger partial charge on any atom is -0.497 e. The van der Waals surface area contributed by atoms with E-state index in [0.29, 0.717) is 17.9 Å². The molecule has 3 heterocycles. The van der Waals surface area contributed by atoms with Gasteiger partial charge in [0.1, 0.15) is 41.6 Å². The lowest BCUT2D eigenvalue weighted by atomic mass is 9.77. The van der Waals surface area contributed by atoms with Crippen molar-refractivity contribution in [2.24, 2.45) is 0 Å². The molecule has 77 heavy (non-hydrogen) atoms. The summed E-state index contributed by atoms with van der Waals surface area (Å²) in [5.41, 5.74) is 1.34. The molecule has 8 aromatic rings. The fraction of sp³-hybridized carbons (Fsp3) is 0.323. The minimum atomic E-state index is -1.66. The molecule has 1 N–H and O–H groups in total. The number of unbranched alkanes of at least 4 members (excludes halogenated alkanes) is 9. The van der Waals surface area contributed by atoms with Crippen LogP contribution in [-0.4, -0.2) is 58.0 Å². The molecule has 1 aliphatic rings. The van der Waals surface area contributed by atoms with Crippen molar-refractivity contribution in [1.29, 1.82) is 0 Å². The lowest BCUT2D eigenvalue weighted by Gasteiger charge is -2.41. The molecule has 6 aromatic carbocycles. The molecule has 0 bridgehead atoms. The third-order valence-electron chi connectivity index (χ3n) is 14.8. The number of imidazole rings is 1. The van der Waals surface area contributed by atoms with E-state index in [9.17, 15) is 4.79 Å². The normalized spacial score (nSPS) is 16.5. The van der Waals surface area contributed by atoms with Gasteiger partial charge in [-0.15, -0.1) is 6.42 Å². The zero-order valence-electron chi connectivity index (χ0n) is 44.3. The monoisotopic (exact) mass is 1030 g/mol. The van der Waals surface area contributed by atoms with Crippen LogP contribution in [0, 0.1) is 18.4 Å². The summed E-state index contributed by atoms with van der Waals surface area (Å²) in [4.78, 5) is 27.4. The number of halogens is 1. The number of carbonyl (C=O) groups is 1. The van der Waals surface area contributed by atoms with Crippen molar-refractivity contribution in [3.8, 4) is 23.8 Å². The van der Waals surface area contributed by atoms with Crippen molar-refractivity contribution in [3.05, 3.63) is 216 Å². The van der Waals surface area contributed by atoms with Crippen LogP contribution in [0.4, 0.5) is 10.2 Å². The van der Waals surface area contributed by atoms with E-state index < -0.39 is 35.2 Å². The zero-order valence-corrected chi connectivity index (χ0v) is 44.3. The number of anilines is 1. The van der Waals surface area contributed by atoms with Crippen LogP contribution in [0.25, 0.3) is 11.2 Å². The maximum Gasteiger partial charge on any atom is 0.312 e. The molecule has 0 radical (unpaired) electrons. The molecule has 396 valence electrons. The maximum absolute atomic E-state index is 16.4.